The fourth-order valence-electron chi connectivity index (χ4n) is 2.54. The third-order valence-corrected chi connectivity index (χ3v) is 3.96. The van der Waals surface area contributed by atoms with Crippen molar-refractivity contribution < 1.29 is 0 Å². The molecule has 2 aromatic rings. The Kier molecular flexibility index (Phi) is 5.19. The zero-order valence-electron chi connectivity index (χ0n) is 13.5. The molecule has 0 saturated carbocycles. The SMILES string of the molecule is CC(C)(C)c1ccc(CC(N)CCc2ccccc2)cc1. The summed E-state index contributed by atoms with van der Waals surface area (Å²) in [5.74, 6) is 0. The maximum atomic E-state index is 6.28. The molecular weight excluding hydrogens is 254 g/mol. The van der Waals surface area contributed by atoms with Crippen LogP contribution < -0.4 is 5.73 Å². The van der Waals surface area contributed by atoms with Crippen molar-refractivity contribution in [1.82, 2.24) is 0 Å². The lowest BCUT2D eigenvalue weighted by molar-refractivity contribution is 0.588. The van der Waals surface area contributed by atoms with Crippen LogP contribution in [0.4, 0.5) is 0 Å². The molecule has 1 unspecified atom stereocenters. The van der Waals surface area contributed by atoms with E-state index in [9.17, 15) is 0 Å². The first kappa shape index (κ1) is 15.8. The van der Waals surface area contributed by atoms with Crippen LogP contribution >= 0.6 is 0 Å². The molecule has 1 atom stereocenters. The lowest BCUT2D eigenvalue weighted by Crippen LogP contribution is -2.23. The van der Waals surface area contributed by atoms with Gasteiger partial charge in [-0.3, -0.25) is 0 Å². The fraction of sp³-hybridized carbons (Fsp3) is 0.400. The van der Waals surface area contributed by atoms with E-state index < -0.39 is 0 Å². The Balaban J connectivity index is 1.86. The predicted octanol–water partition coefficient (Wildman–Crippen LogP) is 4.49. The molecule has 0 heterocycles. The van der Waals surface area contributed by atoms with Crippen molar-refractivity contribution in [2.45, 2.75) is 51.5 Å². The van der Waals surface area contributed by atoms with Crippen molar-refractivity contribution in [2.75, 3.05) is 0 Å². The minimum absolute atomic E-state index is 0.216. The summed E-state index contributed by atoms with van der Waals surface area (Å²) in [5, 5.41) is 0. The maximum Gasteiger partial charge on any atom is 0.00824 e. The van der Waals surface area contributed by atoms with Crippen LogP contribution in [0, 0.1) is 0 Å². The van der Waals surface area contributed by atoms with E-state index in [2.05, 4.69) is 75.4 Å². The number of rotatable bonds is 5. The molecule has 0 aliphatic rings. The Morgan fingerprint density at radius 3 is 2.05 bits per heavy atom. The third kappa shape index (κ3) is 5.02. The van der Waals surface area contributed by atoms with Gasteiger partial charge in [0.2, 0.25) is 0 Å². The first-order chi connectivity index (χ1) is 9.95. The molecule has 0 aliphatic carbocycles. The normalized spacial score (nSPS) is 13.1. The molecule has 2 rings (SSSR count). The Hall–Kier alpha value is -1.60. The Bertz CT molecular complexity index is 534. The highest BCUT2D eigenvalue weighted by atomic mass is 14.6. The second kappa shape index (κ2) is 6.91. The zero-order valence-corrected chi connectivity index (χ0v) is 13.5. The molecule has 0 bridgehead atoms. The van der Waals surface area contributed by atoms with Gasteiger partial charge in [-0.25, -0.2) is 0 Å². The van der Waals surface area contributed by atoms with Crippen molar-refractivity contribution in [3.63, 3.8) is 0 Å². The van der Waals surface area contributed by atoms with Gasteiger partial charge in [-0.1, -0.05) is 75.4 Å². The molecule has 1 heteroatoms. The minimum atomic E-state index is 0.216. The Morgan fingerprint density at radius 2 is 1.48 bits per heavy atom. The van der Waals surface area contributed by atoms with Crippen molar-refractivity contribution >= 4 is 0 Å². The molecule has 0 spiro atoms. The largest absolute Gasteiger partial charge is 0.327 e. The summed E-state index contributed by atoms with van der Waals surface area (Å²) < 4.78 is 0. The van der Waals surface area contributed by atoms with E-state index in [0.29, 0.717) is 0 Å². The first-order valence-electron chi connectivity index (χ1n) is 7.84. The Morgan fingerprint density at radius 1 is 0.857 bits per heavy atom. The molecule has 2 N–H and O–H groups in total. The fourth-order valence-corrected chi connectivity index (χ4v) is 2.54. The van der Waals surface area contributed by atoms with Crippen LogP contribution in [0.15, 0.2) is 54.6 Å². The summed E-state index contributed by atoms with van der Waals surface area (Å²) in [6.07, 6.45) is 3.05. The van der Waals surface area contributed by atoms with E-state index >= 15 is 0 Å². The van der Waals surface area contributed by atoms with E-state index in [1.807, 2.05) is 0 Å². The van der Waals surface area contributed by atoms with E-state index in [4.69, 9.17) is 5.73 Å². The van der Waals surface area contributed by atoms with E-state index in [-0.39, 0.29) is 11.5 Å². The molecule has 0 saturated heterocycles. The minimum Gasteiger partial charge on any atom is -0.327 e. The van der Waals surface area contributed by atoms with Gasteiger partial charge in [-0.2, -0.15) is 0 Å². The van der Waals surface area contributed by atoms with Crippen LogP contribution in [0.2, 0.25) is 0 Å². The standard InChI is InChI=1S/C20H27N/c1-20(2,3)18-12-9-17(10-13-18)15-19(21)14-11-16-7-5-4-6-8-16/h4-10,12-13,19H,11,14-15,21H2,1-3H3. The maximum absolute atomic E-state index is 6.28. The van der Waals surface area contributed by atoms with Gasteiger partial charge < -0.3 is 5.73 Å². The molecule has 1 nitrogen and oxygen atoms in total. The van der Waals surface area contributed by atoms with Gasteiger partial charge in [0.25, 0.3) is 0 Å². The number of aryl methyl sites for hydroxylation is 1. The van der Waals surface area contributed by atoms with Crippen LogP contribution in [-0.4, -0.2) is 6.04 Å². The second-order valence-electron chi connectivity index (χ2n) is 6.94. The summed E-state index contributed by atoms with van der Waals surface area (Å²) >= 11 is 0. The third-order valence-electron chi connectivity index (χ3n) is 3.96. The molecule has 112 valence electrons. The van der Waals surface area contributed by atoms with Crippen molar-refractivity contribution in [3.8, 4) is 0 Å². The summed E-state index contributed by atoms with van der Waals surface area (Å²) in [6.45, 7) is 6.73. The van der Waals surface area contributed by atoms with Crippen LogP contribution in [0.1, 0.15) is 43.9 Å². The number of hydrogen-bond acceptors (Lipinski definition) is 1. The van der Waals surface area contributed by atoms with Crippen LogP contribution in [-0.2, 0) is 18.3 Å². The summed E-state index contributed by atoms with van der Waals surface area (Å²) in [6, 6.07) is 19.7. The lowest BCUT2D eigenvalue weighted by Gasteiger charge is -2.19. The van der Waals surface area contributed by atoms with Gasteiger partial charge in [0.1, 0.15) is 0 Å². The van der Waals surface area contributed by atoms with Crippen LogP contribution in [0.5, 0.6) is 0 Å². The molecule has 0 amide bonds. The average molecular weight is 281 g/mol. The van der Waals surface area contributed by atoms with Gasteiger partial charge in [-0.05, 0) is 41.4 Å². The summed E-state index contributed by atoms with van der Waals surface area (Å²) in [5.41, 5.74) is 10.6. The molecule has 21 heavy (non-hydrogen) atoms. The van der Waals surface area contributed by atoms with Crippen molar-refractivity contribution in [3.05, 3.63) is 71.3 Å². The smallest absolute Gasteiger partial charge is 0.00824 e. The highest BCUT2D eigenvalue weighted by Gasteiger charge is 2.13. The van der Waals surface area contributed by atoms with Gasteiger partial charge in [0, 0.05) is 6.04 Å². The van der Waals surface area contributed by atoms with Crippen LogP contribution in [0.3, 0.4) is 0 Å². The van der Waals surface area contributed by atoms with Crippen LogP contribution in [0.25, 0.3) is 0 Å². The van der Waals surface area contributed by atoms with Gasteiger partial charge in [0.15, 0.2) is 0 Å². The number of nitrogens with two attached hydrogens (primary N) is 1. The van der Waals surface area contributed by atoms with E-state index in [0.717, 1.165) is 19.3 Å². The van der Waals surface area contributed by atoms with Gasteiger partial charge >= 0.3 is 0 Å². The molecule has 0 radical (unpaired) electrons. The number of benzene rings is 2. The molecule has 2 aromatic carbocycles. The highest BCUT2D eigenvalue weighted by molar-refractivity contribution is 5.28. The average Bonchev–Trinajstić information content (AvgIpc) is 2.46. The number of hydrogen-bond donors (Lipinski definition) is 1. The second-order valence-corrected chi connectivity index (χ2v) is 6.94. The zero-order chi connectivity index (χ0) is 15.3. The monoisotopic (exact) mass is 281 g/mol. The summed E-state index contributed by atoms with van der Waals surface area (Å²) in [7, 11) is 0. The first-order valence-corrected chi connectivity index (χ1v) is 7.84. The Labute approximate surface area is 129 Å². The molecular formula is C20H27N. The van der Waals surface area contributed by atoms with Gasteiger partial charge in [0.05, 0.1) is 0 Å². The topological polar surface area (TPSA) is 26.0 Å². The van der Waals surface area contributed by atoms with E-state index in [1.165, 1.54) is 16.7 Å². The molecule has 0 aliphatic heterocycles. The predicted molar refractivity (Wildman–Crippen MR) is 91.6 cm³/mol. The van der Waals surface area contributed by atoms with Gasteiger partial charge in [-0.15, -0.1) is 0 Å². The molecule has 0 aromatic heterocycles. The van der Waals surface area contributed by atoms with E-state index in [1.54, 1.807) is 0 Å². The lowest BCUT2D eigenvalue weighted by atomic mass is 9.86. The molecule has 0 fully saturated rings. The van der Waals surface area contributed by atoms with Crippen molar-refractivity contribution in [1.29, 1.82) is 0 Å². The summed E-state index contributed by atoms with van der Waals surface area (Å²) in [4.78, 5) is 0. The van der Waals surface area contributed by atoms with Crippen molar-refractivity contribution in [2.24, 2.45) is 5.73 Å². The quantitative estimate of drug-likeness (QED) is 0.858. The highest BCUT2D eigenvalue weighted by Crippen LogP contribution is 2.22.